The largest absolute Gasteiger partial charge is 0.387 e. The fraction of sp³-hybridized carbons (Fsp3) is 0.500. The molecule has 1 fully saturated rings. The zero-order chi connectivity index (χ0) is 13.0. The van der Waals surface area contributed by atoms with Crippen molar-refractivity contribution in [2.24, 2.45) is 5.73 Å². The van der Waals surface area contributed by atoms with Gasteiger partial charge in [0.2, 0.25) is 0 Å². The van der Waals surface area contributed by atoms with E-state index in [1.807, 2.05) is 18.2 Å². The van der Waals surface area contributed by atoms with Crippen molar-refractivity contribution in [1.29, 1.82) is 5.41 Å². The van der Waals surface area contributed by atoms with E-state index in [4.69, 9.17) is 11.1 Å². The Morgan fingerprint density at radius 1 is 1.22 bits per heavy atom. The summed E-state index contributed by atoms with van der Waals surface area (Å²) in [6.07, 6.45) is 0. The second kappa shape index (κ2) is 5.98. The molecular formula is C14H22N4. The van der Waals surface area contributed by atoms with Gasteiger partial charge >= 0.3 is 0 Å². The predicted octanol–water partition coefficient (Wildman–Crippen LogP) is 0.954. The van der Waals surface area contributed by atoms with Crippen molar-refractivity contribution in [3.63, 3.8) is 0 Å². The van der Waals surface area contributed by atoms with E-state index in [2.05, 4.69) is 29.0 Å². The molecule has 0 aromatic heterocycles. The number of likely N-dealkylation sites (N-methyl/N-ethyl adjacent to an activating group) is 1. The third-order valence-corrected chi connectivity index (χ3v) is 3.61. The van der Waals surface area contributed by atoms with Gasteiger partial charge in [-0.3, -0.25) is 10.3 Å². The van der Waals surface area contributed by atoms with Gasteiger partial charge in [-0.2, -0.15) is 0 Å². The van der Waals surface area contributed by atoms with Crippen LogP contribution in [0.5, 0.6) is 0 Å². The molecule has 1 atom stereocenters. The number of rotatable bonds is 4. The monoisotopic (exact) mass is 246 g/mol. The Labute approximate surface area is 109 Å². The lowest BCUT2D eigenvalue weighted by Gasteiger charge is -2.34. The zero-order valence-corrected chi connectivity index (χ0v) is 11.0. The molecule has 0 amide bonds. The third-order valence-electron chi connectivity index (χ3n) is 3.61. The van der Waals surface area contributed by atoms with Crippen LogP contribution < -0.4 is 5.73 Å². The van der Waals surface area contributed by atoms with Crippen molar-refractivity contribution in [2.45, 2.75) is 5.92 Å². The molecule has 1 aromatic rings. The highest BCUT2D eigenvalue weighted by Crippen LogP contribution is 2.17. The highest BCUT2D eigenvalue weighted by molar-refractivity contribution is 5.84. The minimum atomic E-state index is 0.0228. The number of benzene rings is 1. The summed E-state index contributed by atoms with van der Waals surface area (Å²) in [7, 11) is 2.15. The average Bonchev–Trinajstić information content (AvgIpc) is 2.38. The van der Waals surface area contributed by atoms with Crippen LogP contribution in [0.1, 0.15) is 11.5 Å². The second-order valence-corrected chi connectivity index (χ2v) is 5.02. The molecule has 2 rings (SSSR count). The Hall–Kier alpha value is -1.39. The summed E-state index contributed by atoms with van der Waals surface area (Å²) in [6.45, 7) is 5.17. The van der Waals surface area contributed by atoms with Gasteiger partial charge in [0.15, 0.2) is 0 Å². The summed E-state index contributed by atoms with van der Waals surface area (Å²) < 4.78 is 0. The van der Waals surface area contributed by atoms with Gasteiger partial charge in [-0.15, -0.1) is 0 Å². The van der Waals surface area contributed by atoms with E-state index >= 15 is 0 Å². The number of nitrogens with two attached hydrogens (primary N) is 1. The number of piperazine rings is 1. The Kier molecular flexibility index (Phi) is 4.33. The molecule has 1 aliphatic heterocycles. The highest BCUT2D eigenvalue weighted by Gasteiger charge is 2.21. The number of nitrogens with zero attached hydrogens (tertiary/aromatic N) is 2. The van der Waals surface area contributed by atoms with E-state index in [1.165, 1.54) is 0 Å². The summed E-state index contributed by atoms with van der Waals surface area (Å²) in [6, 6.07) is 10.1. The first-order valence-corrected chi connectivity index (χ1v) is 6.46. The van der Waals surface area contributed by atoms with Crippen molar-refractivity contribution >= 4 is 5.84 Å². The molecule has 0 bridgehead atoms. The van der Waals surface area contributed by atoms with Gasteiger partial charge in [0.1, 0.15) is 0 Å². The minimum absolute atomic E-state index is 0.0228. The molecule has 1 aliphatic rings. The average molecular weight is 246 g/mol. The summed E-state index contributed by atoms with van der Waals surface area (Å²) >= 11 is 0. The molecule has 4 heteroatoms. The predicted molar refractivity (Wildman–Crippen MR) is 75.0 cm³/mol. The SMILES string of the molecule is CN1CCN(CC(C(=N)N)c2ccccc2)CC1. The van der Waals surface area contributed by atoms with Gasteiger partial charge in [0.25, 0.3) is 0 Å². The Balaban J connectivity index is 2.01. The lowest BCUT2D eigenvalue weighted by atomic mass is 9.97. The van der Waals surface area contributed by atoms with Crippen LogP contribution in [0.2, 0.25) is 0 Å². The normalized spacial score (nSPS) is 19.6. The summed E-state index contributed by atoms with van der Waals surface area (Å²) in [4.78, 5) is 4.74. The number of nitrogens with one attached hydrogen (secondary N) is 1. The van der Waals surface area contributed by atoms with Gasteiger partial charge < -0.3 is 10.6 Å². The van der Waals surface area contributed by atoms with Crippen LogP contribution in [0.4, 0.5) is 0 Å². The minimum Gasteiger partial charge on any atom is -0.387 e. The van der Waals surface area contributed by atoms with Crippen LogP contribution in [0.25, 0.3) is 0 Å². The van der Waals surface area contributed by atoms with E-state index in [0.717, 1.165) is 38.3 Å². The molecule has 1 unspecified atom stereocenters. The van der Waals surface area contributed by atoms with Gasteiger partial charge in [0.05, 0.1) is 11.8 Å². The maximum atomic E-state index is 7.79. The van der Waals surface area contributed by atoms with Crippen LogP contribution in [0, 0.1) is 5.41 Å². The maximum Gasteiger partial charge on any atom is 0.0995 e. The van der Waals surface area contributed by atoms with Gasteiger partial charge in [-0.1, -0.05) is 30.3 Å². The first-order chi connectivity index (χ1) is 8.66. The fourth-order valence-corrected chi connectivity index (χ4v) is 2.36. The molecule has 0 saturated carbocycles. The fourth-order valence-electron chi connectivity index (χ4n) is 2.36. The van der Waals surface area contributed by atoms with Crippen LogP contribution >= 0.6 is 0 Å². The molecule has 98 valence electrons. The van der Waals surface area contributed by atoms with Crippen molar-refractivity contribution in [3.8, 4) is 0 Å². The molecule has 18 heavy (non-hydrogen) atoms. The number of amidine groups is 1. The molecule has 0 radical (unpaired) electrons. The number of hydrogen-bond acceptors (Lipinski definition) is 3. The van der Waals surface area contributed by atoms with E-state index < -0.39 is 0 Å². The molecule has 4 nitrogen and oxygen atoms in total. The summed E-state index contributed by atoms with van der Waals surface area (Å²) in [5, 5.41) is 7.79. The Morgan fingerprint density at radius 3 is 2.39 bits per heavy atom. The van der Waals surface area contributed by atoms with Gasteiger partial charge in [0, 0.05) is 32.7 Å². The van der Waals surface area contributed by atoms with Crippen LogP contribution in [0.3, 0.4) is 0 Å². The Bertz CT molecular complexity index is 382. The topological polar surface area (TPSA) is 56.4 Å². The van der Waals surface area contributed by atoms with Crippen molar-refractivity contribution in [1.82, 2.24) is 9.80 Å². The highest BCUT2D eigenvalue weighted by atomic mass is 15.2. The van der Waals surface area contributed by atoms with E-state index in [9.17, 15) is 0 Å². The van der Waals surface area contributed by atoms with Crippen molar-refractivity contribution < 1.29 is 0 Å². The van der Waals surface area contributed by atoms with Crippen molar-refractivity contribution in [2.75, 3.05) is 39.8 Å². The van der Waals surface area contributed by atoms with Crippen LogP contribution in [-0.2, 0) is 0 Å². The first kappa shape index (κ1) is 13.1. The maximum absolute atomic E-state index is 7.79. The van der Waals surface area contributed by atoms with E-state index in [0.29, 0.717) is 0 Å². The van der Waals surface area contributed by atoms with E-state index in [1.54, 1.807) is 0 Å². The summed E-state index contributed by atoms with van der Waals surface area (Å²) in [5.41, 5.74) is 6.90. The third kappa shape index (κ3) is 3.31. The lowest BCUT2D eigenvalue weighted by molar-refractivity contribution is 0.153. The molecule has 3 N–H and O–H groups in total. The molecule has 0 aliphatic carbocycles. The number of hydrogen-bond donors (Lipinski definition) is 2. The molecule has 1 aromatic carbocycles. The molecule has 0 spiro atoms. The van der Waals surface area contributed by atoms with E-state index in [-0.39, 0.29) is 11.8 Å². The van der Waals surface area contributed by atoms with Gasteiger partial charge in [-0.25, -0.2) is 0 Å². The van der Waals surface area contributed by atoms with Gasteiger partial charge in [-0.05, 0) is 12.6 Å². The molecule has 1 saturated heterocycles. The first-order valence-electron chi connectivity index (χ1n) is 6.46. The molecule has 1 heterocycles. The lowest BCUT2D eigenvalue weighted by Crippen LogP contribution is -2.47. The quantitative estimate of drug-likeness (QED) is 0.614. The molecular weight excluding hydrogens is 224 g/mol. The standard InChI is InChI=1S/C14H22N4/c1-17-7-9-18(10-8-17)11-13(14(15)16)12-5-3-2-4-6-12/h2-6,13H,7-11H2,1H3,(H3,15,16). The zero-order valence-electron chi connectivity index (χ0n) is 11.0. The summed E-state index contributed by atoms with van der Waals surface area (Å²) in [5.74, 6) is 0.287. The van der Waals surface area contributed by atoms with Crippen molar-refractivity contribution in [3.05, 3.63) is 35.9 Å². The smallest absolute Gasteiger partial charge is 0.0995 e. The Morgan fingerprint density at radius 2 is 1.83 bits per heavy atom. The second-order valence-electron chi connectivity index (χ2n) is 5.02. The van der Waals surface area contributed by atoms with Crippen LogP contribution in [-0.4, -0.2) is 55.4 Å². The van der Waals surface area contributed by atoms with Crippen LogP contribution in [0.15, 0.2) is 30.3 Å².